The van der Waals surface area contributed by atoms with Crippen LogP contribution in [-0.4, -0.2) is 9.78 Å². The van der Waals surface area contributed by atoms with Crippen molar-refractivity contribution in [2.24, 2.45) is 0 Å². The molecule has 2 aromatic rings. The number of rotatable bonds is 2. The molecule has 2 rings (SSSR count). The molecule has 1 heterocycles. The number of hydrogen-bond donors (Lipinski definition) is 0. The zero-order chi connectivity index (χ0) is 10.8. The zero-order valence-corrected chi connectivity index (χ0v) is 9.44. The van der Waals surface area contributed by atoms with Gasteiger partial charge in [0.2, 0.25) is 0 Å². The van der Waals surface area contributed by atoms with Gasteiger partial charge in [0.1, 0.15) is 0 Å². The molecular formula is C13H16N2. The minimum absolute atomic E-state index is 0.419. The lowest BCUT2D eigenvalue weighted by Gasteiger charge is -2.04. The summed E-state index contributed by atoms with van der Waals surface area (Å²) in [6.45, 7) is 6.38. The molecule has 0 aliphatic heterocycles. The first-order chi connectivity index (χ1) is 7.18. The van der Waals surface area contributed by atoms with Crippen LogP contribution < -0.4 is 0 Å². The monoisotopic (exact) mass is 200 g/mol. The molecule has 0 unspecified atom stereocenters. The summed E-state index contributed by atoms with van der Waals surface area (Å²) in [5.41, 5.74) is 3.55. The zero-order valence-electron chi connectivity index (χ0n) is 9.44. The van der Waals surface area contributed by atoms with Crippen molar-refractivity contribution in [2.45, 2.75) is 26.8 Å². The lowest BCUT2D eigenvalue weighted by molar-refractivity contribution is 0.534. The summed E-state index contributed by atoms with van der Waals surface area (Å²) in [5, 5.41) is 4.56. The van der Waals surface area contributed by atoms with E-state index >= 15 is 0 Å². The van der Waals surface area contributed by atoms with E-state index in [1.807, 2.05) is 10.9 Å². The van der Waals surface area contributed by atoms with Crippen molar-refractivity contribution in [3.8, 4) is 11.3 Å². The second-order valence-electron chi connectivity index (χ2n) is 4.09. The van der Waals surface area contributed by atoms with E-state index in [9.17, 15) is 0 Å². The molecule has 0 N–H and O–H groups in total. The number of hydrogen-bond acceptors (Lipinski definition) is 1. The van der Waals surface area contributed by atoms with Crippen LogP contribution in [0.4, 0.5) is 0 Å². The van der Waals surface area contributed by atoms with Crippen molar-refractivity contribution in [2.75, 3.05) is 0 Å². The van der Waals surface area contributed by atoms with Crippen molar-refractivity contribution in [3.05, 3.63) is 42.1 Å². The van der Waals surface area contributed by atoms with Crippen LogP contribution in [0.25, 0.3) is 11.3 Å². The molecule has 0 fully saturated rings. The van der Waals surface area contributed by atoms with E-state index in [4.69, 9.17) is 0 Å². The van der Waals surface area contributed by atoms with E-state index < -0.39 is 0 Å². The average Bonchev–Trinajstić information content (AvgIpc) is 2.67. The largest absolute Gasteiger partial charge is 0.270 e. The summed E-state index contributed by atoms with van der Waals surface area (Å²) in [7, 11) is 0. The second-order valence-corrected chi connectivity index (χ2v) is 4.09. The Morgan fingerprint density at radius 3 is 2.47 bits per heavy atom. The lowest BCUT2D eigenvalue weighted by atomic mass is 10.1. The molecule has 0 aliphatic carbocycles. The van der Waals surface area contributed by atoms with Crippen molar-refractivity contribution in [1.82, 2.24) is 9.78 Å². The molecule has 0 aliphatic rings. The SMILES string of the molecule is Cc1ccccc1-c1ccn(C(C)C)n1. The third kappa shape index (κ3) is 1.94. The lowest BCUT2D eigenvalue weighted by Crippen LogP contribution is -2.00. The van der Waals surface area contributed by atoms with Gasteiger partial charge in [-0.15, -0.1) is 0 Å². The third-order valence-electron chi connectivity index (χ3n) is 2.56. The fourth-order valence-corrected chi connectivity index (χ4v) is 1.63. The van der Waals surface area contributed by atoms with E-state index in [1.165, 1.54) is 11.1 Å². The molecule has 0 saturated carbocycles. The van der Waals surface area contributed by atoms with Crippen LogP contribution in [0.1, 0.15) is 25.5 Å². The molecule has 0 spiro atoms. The molecule has 0 bridgehead atoms. The maximum Gasteiger partial charge on any atom is 0.0925 e. The van der Waals surface area contributed by atoms with Crippen LogP contribution in [0.3, 0.4) is 0 Å². The van der Waals surface area contributed by atoms with Crippen LogP contribution in [-0.2, 0) is 0 Å². The van der Waals surface area contributed by atoms with E-state index in [1.54, 1.807) is 0 Å². The fourth-order valence-electron chi connectivity index (χ4n) is 1.63. The smallest absolute Gasteiger partial charge is 0.0925 e. The van der Waals surface area contributed by atoms with Crippen LogP contribution in [0, 0.1) is 6.92 Å². The molecule has 1 aromatic carbocycles. The number of nitrogens with zero attached hydrogens (tertiary/aromatic N) is 2. The van der Waals surface area contributed by atoms with Crippen LogP contribution in [0.15, 0.2) is 36.5 Å². The maximum atomic E-state index is 4.56. The molecule has 0 radical (unpaired) electrons. The third-order valence-corrected chi connectivity index (χ3v) is 2.56. The highest BCUT2D eigenvalue weighted by Crippen LogP contribution is 2.21. The normalized spacial score (nSPS) is 10.9. The molecular weight excluding hydrogens is 184 g/mol. The van der Waals surface area contributed by atoms with Gasteiger partial charge in [0.05, 0.1) is 5.69 Å². The Labute approximate surface area is 90.6 Å². The summed E-state index contributed by atoms with van der Waals surface area (Å²) < 4.78 is 1.99. The number of aromatic nitrogens is 2. The topological polar surface area (TPSA) is 17.8 Å². The Bertz CT molecular complexity index is 455. The molecule has 0 saturated heterocycles. The van der Waals surface area contributed by atoms with E-state index in [2.05, 4.69) is 56.2 Å². The van der Waals surface area contributed by atoms with Gasteiger partial charge in [0.25, 0.3) is 0 Å². The predicted molar refractivity (Wildman–Crippen MR) is 62.8 cm³/mol. The summed E-state index contributed by atoms with van der Waals surface area (Å²) in [5.74, 6) is 0. The van der Waals surface area contributed by atoms with Gasteiger partial charge in [-0.25, -0.2) is 0 Å². The minimum Gasteiger partial charge on any atom is -0.270 e. The van der Waals surface area contributed by atoms with Gasteiger partial charge < -0.3 is 0 Å². The van der Waals surface area contributed by atoms with Gasteiger partial charge >= 0.3 is 0 Å². The van der Waals surface area contributed by atoms with Gasteiger partial charge in [0.15, 0.2) is 0 Å². The Balaban J connectivity index is 2.42. The Hall–Kier alpha value is -1.57. The summed E-state index contributed by atoms with van der Waals surface area (Å²) in [6, 6.07) is 10.8. The van der Waals surface area contributed by atoms with Gasteiger partial charge in [-0.05, 0) is 32.4 Å². The van der Waals surface area contributed by atoms with Gasteiger partial charge in [-0.3, -0.25) is 4.68 Å². The van der Waals surface area contributed by atoms with Crippen LogP contribution in [0.2, 0.25) is 0 Å². The van der Waals surface area contributed by atoms with Crippen molar-refractivity contribution >= 4 is 0 Å². The molecule has 1 aromatic heterocycles. The standard InChI is InChI=1S/C13H16N2/c1-10(2)15-9-8-13(14-15)12-7-5-4-6-11(12)3/h4-10H,1-3H3. The summed E-state index contributed by atoms with van der Waals surface area (Å²) in [4.78, 5) is 0. The van der Waals surface area contributed by atoms with Gasteiger partial charge in [0, 0.05) is 17.8 Å². The highest BCUT2D eigenvalue weighted by molar-refractivity contribution is 5.62. The highest BCUT2D eigenvalue weighted by atomic mass is 15.3. The predicted octanol–water partition coefficient (Wildman–Crippen LogP) is 3.44. The molecule has 2 nitrogen and oxygen atoms in total. The van der Waals surface area contributed by atoms with Crippen LogP contribution in [0.5, 0.6) is 0 Å². The quantitative estimate of drug-likeness (QED) is 0.726. The fraction of sp³-hybridized carbons (Fsp3) is 0.308. The summed E-state index contributed by atoms with van der Waals surface area (Å²) >= 11 is 0. The number of benzene rings is 1. The molecule has 0 atom stereocenters. The Kier molecular flexibility index (Phi) is 2.58. The minimum atomic E-state index is 0.419. The van der Waals surface area contributed by atoms with E-state index in [0.717, 1.165) is 5.69 Å². The Morgan fingerprint density at radius 2 is 1.87 bits per heavy atom. The first-order valence-electron chi connectivity index (χ1n) is 5.29. The van der Waals surface area contributed by atoms with E-state index in [0.29, 0.717) is 6.04 Å². The Morgan fingerprint density at radius 1 is 1.13 bits per heavy atom. The summed E-state index contributed by atoms with van der Waals surface area (Å²) in [6.07, 6.45) is 2.03. The van der Waals surface area contributed by atoms with E-state index in [-0.39, 0.29) is 0 Å². The van der Waals surface area contributed by atoms with Crippen molar-refractivity contribution in [1.29, 1.82) is 0 Å². The molecule has 78 valence electrons. The molecule has 2 heteroatoms. The first kappa shape index (κ1) is 9.97. The molecule has 0 amide bonds. The van der Waals surface area contributed by atoms with Gasteiger partial charge in [-0.1, -0.05) is 24.3 Å². The first-order valence-corrected chi connectivity index (χ1v) is 5.29. The van der Waals surface area contributed by atoms with Crippen LogP contribution >= 0.6 is 0 Å². The maximum absolute atomic E-state index is 4.56. The van der Waals surface area contributed by atoms with Gasteiger partial charge in [-0.2, -0.15) is 5.10 Å². The highest BCUT2D eigenvalue weighted by Gasteiger charge is 2.05. The number of aryl methyl sites for hydroxylation is 1. The average molecular weight is 200 g/mol. The second kappa shape index (κ2) is 3.89. The van der Waals surface area contributed by atoms with Crippen molar-refractivity contribution < 1.29 is 0 Å². The molecule has 15 heavy (non-hydrogen) atoms. The van der Waals surface area contributed by atoms with Crippen molar-refractivity contribution in [3.63, 3.8) is 0 Å².